The molecule has 6 nitrogen and oxygen atoms in total. The zero-order chi connectivity index (χ0) is 27.6. The summed E-state index contributed by atoms with van der Waals surface area (Å²) in [6.07, 6.45) is -4.77. The minimum Gasteiger partial charge on any atom is -0.406 e. The number of fused-ring (bicyclic) bond motifs is 1. The zero-order valence-corrected chi connectivity index (χ0v) is 21.0. The Morgan fingerprint density at radius 1 is 0.795 bits per heavy atom. The summed E-state index contributed by atoms with van der Waals surface area (Å²) >= 11 is 0. The Morgan fingerprint density at radius 2 is 1.46 bits per heavy atom. The van der Waals surface area contributed by atoms with Crippen LogP contribution in [-0.2, 0) is 0 Å². The summed E-state index contributed by atoms with van der Waals surface area (Å²) in [5, 5.41) is 6.87. The number of benzene rings is 4. The van der Waals surface area contributed by atoms with Crippen molar-refractivity contribution in [3.8, 4) is 17.0 Å². The fourth-order valence-corrected chi connectivity index (χ4v) is 4.20. The lowest BCUT2D eigenvalue weighted by molar-refractivity contribution is -0.274. The van der Waals surface area contributed by atoms with E-state index in [-0.39, 0.29) is 11.7 Å². The average molecular weight is 529 g/mol. The number of aryl methyl sites for hydroxylation is 2. The van der Waals surface area contributed by atoms with Gasteiger partial charge in [0.2, 0.25) is 5.95 Å². The lowest BCUT2D eigenvalue weighted by atomic mass is 10.1. The van der Waals surface area contributed by atoms with Crippen LogP contribution in [0.25, 0.3) is 22.2 Å². The first kappa shape index (κ1) is 25.7. The van der Waals surface area contributed by atoms with Crippen molar-refractivity contribution in [2.24, 2.45) is 0 Å². The van der Waals surface area contributed by atoms with E-state index in [0.29, 0.717) is 34.0 Å². The maximum absolute atomic E-state index is 12.8. The molecule has 9 heteroatoms. The van der Waals surface area contributed by atoms with Gasteiger partial charge in [0.15, 0.2) is 0 Å². The molecule has 4 aromatic carbocycles. The molecule has 5 rings (SSSR count). The Morgan fingerprint density at radius 3 is 2.13 bits per heavy atom. The molecule has 1 aromatic heterocycles. The molecule has 0 bridgehead atoms. The smallest absolute Gasteiger partial charge is 0.406 e. The van der Waals surface area contributed by atoms with Gasteiger partial charge in [-0.15, -0.1) is 13.2 Å². The Labute approximate surface area is 222 Å². The second kappa shape index (κ2) is 10.4. The predicted molar refractivity (Wildman–Crippen MR) is 145 cm³/mol. The SMILES string of the molecule is Cc1cccc(C)c1NC(=O)c1ccc(Nc2nc(-c3ccc(OC(F)(F)F)cc3)c3ccccc3n2)cc1. The molecule has 1 amide bonds. The fraction of sp³-hybridized carbons (Fsp3) is 0.100. The Hall–Kier alpha value is -4.92. The third kappa shape index (κ3) is 5.98. The number of carbonyl (C=O) groups is 1. The Bertz CT molecular complexity index is 1630. The van der Waals surface area contributed by atoms with Gasteiger partial charge in [-0.05, 0) is 79.6 Å². The van der Waals surface area contributed by atoms with Crippen LogP contribution < -0.4 is 15.4 Å². The van der Waals surface area contributed by atoms with E-state index in [4.69, 9.17) is 0 Å². The number of nitrogens with zero attached hydrogens (tertiary/aromatic N) is 2. The van der Waals surface area contributed by atoms with Crippen molar-refractivity contribution < 1.29 is 22.7 Å². The molecule has 39 heavy (non-hydrogen) atoms. The van der Waals surface area contributed by atoms with Crippen molar-refractivity contribution in [3.05, 3.63) is 108 Å². The zero-order valence-electron chi connectivity index (χ0n) is 21.0. The van der Waals surface area contributed by atoms with E-state index in [0.717, 1.165) is 22.2 Å². The summed E-state index contributed by atoms with van der Waals surface area (Å²) in [4.78, 5) is 22.0. The number of alkyl halides is 3. The molecule has 0 aliphatic carbocycles. The van der Waals surface area contributed by atoms with Crippen LogP contribution in [0.15, 0.2) is 91.0 Å². The number of ether oxygens (including phenoxy) is 1. The monoisotopic (exact) mass is 528 g/mol. The van der Waals surface area contributed by atoms with E-state index < -0.39 is 6.36 Å². The topological polar surface area (TPSA) is 76.1 Å². The Kier molecular flexibility index (Phi) is 6.89. The van der Waals surface area contributed by atoms with Crippen molar-refractivity contribution in [3.63, 3.8) is 0 Å². The molecular formula is C30H23F3N4O2. The van der Waals surface area contributed by atoms with Gasteiger partial charge in [0.25, 0.3) is 5.91 Å². The molecule has 5 aromatic rings. The Balaban J connectivity index is 1.39. The van der Waals surface area contributed by atoms with E-state index in [2.05, 4.69) is 25.3 Å². The summed E-state index contributed by atoms with van der Waals surface area (Å²) in [7, 11) is 0. The third-order valence-corrected chi connectivity index (χ3v) is 6.09. The highest BCUT2D eigenvalue weighted by Crippen LogP contribution is 2.31. The van der Waals surface area contributed by atoms with Crippen LogP contribution in [0.3, 0.4) is 0 Å². The number of nitrogens with one attached hydrogen (secondary N) is 2. The lowest BCUT2D eigenvalue weighted by Crippen LogP contribution is -2.16. The molecule has 2 N–H and O–H groups in total. The molecule has 0 saturated carbocycles. The summed E-state index contributed by atoms with van der Waals surface area (Å²) in [6.45, 7) is 3.89. The molecule has 0 atom stereocenters. The van der Waals surface area contributed by atoms with Gasteiger partial charge < -0.3 is 15.4 Å². The number of para-hydroxylation sites is 2. The first-order valence-corrected chi connectivity index (χ1v) is 12.0. The van der Waals surface area contributed by atoms with Gasteiger partial charge in [-0.25, -0.2) is 9.97 Å². The van der Waals surface area contributed by atoms with Crippen molar-refractivity contribution in [2.45, 2.75) is 20.2 Å². The fourth-order valence-electron chi connectivity index (χ4n) is 4.20. The number of anilines is 3. The molecule has 196 valence electrons. The summed E-state index contributed by atoms with van der Waals surface area (Å²) in [5.74, 6) is -0.238. The standard InChI is InChI=1S/C30H23F3N4O2/c1-18-6-5-7-19(2)26(18)36-28(38)21-10-14-22(15-11-21)34-29-35-25-9-4-3-8-24(25)27(37-29)20-12-16-23(17-13-20)39-30(31,32)33/h3-17H,1-2H3,(H,36,38)(H,34,35,37). The summed E-state index contributed by atoms with van der Waals surface area (Å²) < 4.78 is 41.7. The largest absolute Gasteiger partial charge is 0.573 e. The second-order valence-corrected chi connectivity index (χ2v) is 8.91. The van der Waals surface area contributed by atoms with Gasteiger partial charge in [-0.1, -0.05) is 36.4 Å². The van der Waals surface area contributed by atoms with Gasteiger partial charge in [0, 0.05) is 27.9 Å². The van der Waals surface area contributed by atoms with Gasteiger partial charge in [-0.3, -0.25) is 4.79 Å². The van der Waals surface area contributed by atoms with Crippen LogP contribution in [-0.4, -0.2) is 22.2 Å². The molecule has 0 radical (unpaired) electrons. The molecular weight excluding hydrogens is 505 g/mol. The van der Waals surface area contributed by atoms with Gasteiger partial charge in [0.1, 0.15) is 5.75 Å². The van der Waals surface area contributed by atoms with Gasteiger partial charge >= 0.3 is 6.36 Å². The van der Waals surface area contributed by atoms with Crippen LogP contribution in [0.5, 0.6) is 5.75 Å². The lowest BCUT2D eigenvalue weighted by Gasteiger charge is -2.13. The van der Waals surface area contributed by atoms with Crippen molar-refractivity contribution in [1.82, 2.24) is 9.97 Å². The maximum atomic E-state index is 12.8. The summed E-state index contributed by atoms with van der Waals surface area (Å²) in [6, 6.07) is 25.6. The minimum atomic E-state index is -4.77. The molecule has 0 saturated heterocycles. The van der Waals surface area contributed by atoms with Crippen molar-refractivity contribution in [2.75, 3.05) is 10.6 Å². The second-order valence-electron chi connectivity index (χ2n) is 8.91. The van der Waals surface area contributed by atoms with Crippen molar-refractivity contribution in [1.29, 1.82) is 0 Å². The average Bonchev–Trinajstić information content (AvgIpc) is 2.90. The molecule has 0 fully saturated rings. The van der Waals surface area contributed by atoms with E-state index in [1.54, 1.807) is 24.3 Å². The molecule has 0 spiro atoms. The maximum Gasteiger partial charge on any atom is 0.573 e. The highest BCUT2D eigenvalue weighted by molar-refractivity contribution is 6.05. The van der Waals surface area contributed by atoms with Gasteiger partial charge in [0.05, 0.1) is 11.2 Å². The summed E-state index contributed by atoms with van der Waals surface area (Å²) in [5.41, 5.74) is 5.71. The van der Waals surface area contributed by atoms with Crippen LogP contribution in [0.1, 0.15) is 21.5 Å². The van der Waals surface area contributed by atoms with Crippen molar-refractivity contribution >= 4 is 34.1 Å². The predicted octanol–water partition coefficient (Wildman–Crippen LogP) is 7.81. The molecule has 0 unspecified atom stereocenters. The van der Waals surface area contributed by atoms with E-state index >= 15 is 0 Å². The molecule has 0 aliphatic rings. The van der Waals surface area contributed by atoms with E-state index in [9.17, 15) is 18.0 Å². The number of hydrogen-bond acceptors (Lipinski definition) is 5. The van der Waals surface area contributed by atoms with Crippen LogP contribution in [0.4, 0.5) is 30.5 Å². The van der Waals surface area contributed by atoms with Gasteiger partial charge in [-0.2, -0.15) is 0 Å². The first-order valence-electron chi connectivity index (χ1n) is 12.0. The number of rotatable bonds is 6. The number of halogens is 3. The number of aromatic nitrogens is 2. The molecule has 0 aliphatic heterocycles. The highest BCUT2D eigenvalue weighted by atomic mass is 19.4. The van der Waals surface area contributed by atoms with E-state index in [1.165, 1.54) is 24.3 Å². The van der Waals surface area contributed by atoms with Crippen LogP contribution in [0, 0.1) is 13.8 Å². The quantitative estimate of drug-likeness (QED) is 0.235. The minimum absolute atomic E-state index is 0.221. The molecule has 1 heterocycles. The normalized spacial score (nSPS) is 11.3. The number of hydrogen-bond donors (Lipinski definition) is 2. The third-order valence-electron chi connectivity index (χ3n) is 6.09. The highest BCUT2D eigenvalue weighted by Gasteiger charge is 2.31. The van der Waals surface area contributed by atoms with Crippen LogP contribution in [0.2, 0.25) is 0 Å². The van der Waals surface area contributed by atoms with Crippen LogP contribution >= 0.6 is 0 Å². The number of amides is 1. The van der Waals surface area contributed by atoms with E-state index in [1.807, 2.05) is 56.3 Å². The number of carbonyl (C=O) groups excluding carboxylic acids is 1. The first-order chi connectivity index (χ1) is 18.7.